The molecule has 11 rings (SSSR count). The van der Waals surface area contributed by atoms with E-state index < -0.39 is 0 Å². The van der Waals surface area contributed by atoms with Gasteiger partial charge in [-0.2, -0.15) is 0 Å². The zero-order valence-corrected chi connectivity index (χ0v) is 30.8. The van der Waals surface area contributed by atoms with E-state index in [9.17, 15) is 0 Å². The Morgan fingerprint density at radius 2 is 0.772 bits per heavy atom. The molecule has 3 aromatic heterocycles. The zero-order chi connectivity index (χ0) is 37.7. The fourth-order valence-corrected chi connectivity index (χ4v) is 8.15. The van der Waals surface area contributed by atoms with Crippen molar-refractivity contribution in [2.75, 3.05) is 0 Å². The molecule has 0 unspecified atom stereocenters. The van der Waals surface area contributed by atoms with Crippen molar-refractivity contribution in [3.63, 3.8) is 0 Å². The Labute approximate surface area is 329 Å². The molecular formula is C53H33N3O. The number of rotatable bonds is 6. The van der Waals surface area contributed by atoms with Crippen molar-refractivity contribution in [1.29, 1.82) is 0 Å². The Morgan fingerprint density at radius 1 is 0.298 bits per heavy atom. The number of aromatic nitrogens is 3. The Bertz CT molecular complexity index is 3190. The van der Waals surface area contributed by atoms with Crippen LogP contribution in [0.5, 0.6) is 0 Å². The number of benzene rings is 8. The van der Waals surface area contributed by atoms with Gasteiger partial charge in [0.05, 0.1) is 22.6 Å². The zero-order valence-electron chi connectivity index (χ0n) is 30.8. The van der Waals surface area contributed by atoms with Gasteiger partial charge in [-0.15, -0.1) is 0 Å². The molecule has 0 saturated heterocycles. The first kappa shape index (κ1) is 32.7. The van der Waals surface area contributed by atoms with Gasteiger partial charge in [0.2, 0.25) is 0 Å². The molecule has 11 aromatic rings. The fraction of sp³-hybridized carbons (Fsp3) is 0. The van der Waals surface area contributed by atoms with Crippen LogP contribution in [-0.2, 0) is 0 Å². The van der Waals surface area contributed by atoms with Crippen LogP contribution in [0.25, 0.3) is 111 Å². The number of para-hydroxylation sites is 2. The smallest absolute Gasteiger partial charge is 0.160 e. The van der Waals surface area contributed by atoms with Gasteiger partial charge in [-0.25, -0.2) is 15.0 Å². The van der Waals surface area contributed by atoms with Gasteiger partial charge < -0.3 is 4.42 Å². The lowest BCUT2D eigenvalue weighted by molar-refractivity contribution is 0.673. The summed E-state index contributed by atoms with van der Waals surface area (Å²) >= 11 is 0. The third-order valence-corrected chi connectivity index (χ3v) is 10.9. The van der Waals surface area contributed by atoms with Crippen LogP contribution >= 0.6 is 0 Å². The summed E-state index contributed by atoms with van der Waals surface area (Å²) in [6.07, 6.45) is 0. The molecule has 0 aliphatic heterocycles. The number of furan rings is 1. The average molecular weight is 728 g/mol. The topological polar surface area (TPSA) is 51.8 Å². The SMILES string of the molecule is c1ccc(-c2ccc(-c3nc(-c4ccccc4)c(-c4ccc(-c5nc6ccccc6c6c5ccc5c7ccccc7oc56)cc4)c(-c4ccccc4)n3)cc2)cc1. The number of fused-ring (bicyclic) bond motifs is 7. The summed E-state index contributed by atoms with van der Waals surface area (Å²) in [5, 5.41) is 5.42. The van der Waals surface area contributed by atoms with Crippen LogP contribution in [0.15, 0.2) is 205 Å². The minimum atomic E-state index is 0.677. The lowest BCUT2D eigenvalue weighted by Gasteiger charge is -2.17. The summed E-state index contributed by atoms with van der Waals surface area (Å²) in [4.78, 5) is 16.0. The van der Waals surface area contributed by atoms with Crippen LogP contribution in [0.2, 0.25) is 0 Å². The van der Waals surface area contributed by atoms with Gasteiger partial charge in [-0.3, -0.25) is 0 Å². The fourth-order valence-electron chi connectivity index (χ4n) is 8.15. The predicted octanol–water partition coefficient (Wildman–Crippen LogP) is 14.1. The van der Waals surface area contributed by atoms with Crippen LogP contribution in [-0.4, -0.2) is 15.0 Å². The van der Waals surface area contributed by atoms with Crippen LogP contribution in [0.4, 0.5) is 0 Å². The summed E-state index contributed by atoms with van der Waals surface area (Å²) in [6, 6.07) is 69.5. The van der Waals surface area contributed by atoms with E-state index in [1.807, 2.05) is 36.4 Å². The molecule has 0 radical (unpaired) electrons. The summed E-state index contributed by atoms with van der Waals surface area (Å²) in [6.45, 7) is 0. The Balaban J connectivity index is 1.10. The molecule has 0 saturated carbocycles. The van der Waals surface area contributed by atoms with Gasteiger partial charge in [-0.05, 0) is 34.9 Å². The van der Waals surface area contributed by atoms with Crippen LogP contribution in [0.1, 0.15) is 0 Å². The highest BCUT2D eigenvalue weighted by Crippen LogP contribution is 2.43. The molecule has 4 nitrogen and oxygen atoms in total. The molecule has 4 heteroatoms. The summed E-state index contributed by atoms with van der Waals surface area (Å²) in [5.74, 6) is 0.677. The second kappa shape index (κ2) is 13.6. The number of hydrogen-bond donors (Lipinski definition) is 0. The van der Waals surface area contributed by atoms with Crippen LogP contribution in [0.3, 0.4) is 0 Å². The first-order chi connectivity index (χ1) is 28.3. The third-order valence-electron chi connectivity index (χ3n) is 10.9. The predicted molar refractivity (Wildman–Crippen MR) is 235 cm³/mol. The molecule has 0 spiro atoms. The van der Waals surface area contributed by atoms with Crippen molar-refractivity contribution in [2.24, 2.45) is 0 Å². The van der Waals surface area contributed by atoms with Crippen molar-refractivity contribution in [3.05, 3.63) is 200 Å². The normalized spacial score (nSPS) is 11.5. The maximum atomic E-state index is 6.58. The molecule has 3 heterocycles. The van der Waals surface area contributed by atoms with Crippen LogP contribution in [0, 0.1) is 0 Å². The standard InChI is InChI=1S/C53H33N3O/c1-4-14-34(15-5-1)35-24-30-40(31-25-35)53-55-50(37-16-6-2-7-17-37)47(51(56-53)38-18-8-3-9-19-38)36-26-28-39(29-27-36)49-44-33-32-42-41-20-11-13-23-46(41)57-52(42)48(44)43-21-10-12-22-45(43)54-49/h1-33H. The number of nitrogens with zero attached hydrogens (tertiary/aromatic N) is 3. The van der Waals surface area contributed by atoms with Crippen molar-refractivity contribution in [3.8, 4) is 67.4 Å². The maximum absolute atomic E-state index is 6.58. The van der Waals surface area contributed by atoms with Crippen molar-refractivity contribution in [2.45, 2.75) is 0 Å². The lowest BCUT2D eigenvalue weighted by Crippen LogP contribution is -2.01. The highest BCUT2D eigenvalue weighted by atomic mass is 16.3. The van der Waals surface area contributed by atoms with E-state index >= 15 is 0 Å². The van der Waals surface area contributed by atoms with Gasteiger partial charge >= 0.3 is 0 Å². The van der Waals surface area contributed by atoms with E-state index in [0.29, 0.717) is 5.82 Å². The Kier molecular flexibility index (Phi) is 7.78. The third kappa shape index (κ3) is 5.66. The molecule has 0 fully saturated rings. The molecular weight excluding hydrogens is 695 g/mol. The molecule has 266 valence electrons. The molecule has 0 bridgehead atoms. The highest BCUT2D eigenvalue weighted by molar-refractivity contribution is 6.24. The number of hydrogen-bond acceptors (Lipinski definition) is 4. The highest BCUT2D eigenvalue weighted by Gasteiger charge is 2.22. The van der Waals surface area contributed by atoms with E-state index in [0.717, 1.165) is 99.6 Å². The van der Waals surface area contributed by atoms with Gasteiger partial charge in [0.25, 0.3) is 0 Å². The molecule has 57 heavy (non-hydrogen) atoms. The summed E-state index contributed by atoms with van der Waals surface area (Å²) in [7, 11) is 0. The molecule has 8 aromatic carbocycles. The summed E-state index contributed by atoms with van der Waals surface area (Å²) < 4.78 is 6.58. The lowest BCUT2D eigenvalue weighted by atomic mass is 9.92. The Morgan fingerprint density at radius 3 is 1.44 bits per heavy atom. The molecule has 0 N–H and O–H groups in total. The molecule has 0 aliphatic rings. The first-order valence-electron chi connectivity index (χ1n) is 19.2. The largest absolute Gasteiger partial charge is 0.455 e. The second-order valence-electron chi connectivity index (χ2n) is 14.3. The minimum absolute atomic E-state index is 0.677. The van der Waals surface area contributed by atoms with Crippen molar-refractivity contribution < 1.29 is 4.42 Å². The van der Waals surface area contributed by atoms with E-state index in [1.165, 1.54) is 5.56 Å². The van der Waals surface area contributed by atoms with Crippen molar-refractivity contribution in [1.82, 2.24) is 15.0 Å². The van der Waals surface area contributed by atoms with Crippen molar-refractivity contribution >= 4 is 43.6 Å². The van der Waals surface area contributed by atoms with E-state index in [1.54, 1.807) is 0 Å². The number of pyridine rings is 1. The second-order valence-corrected chi connectivity index (χ2v) is 14.3. The van der Waals surface area contributed by atoms with Gasteiger partial charge in [-0.1, -0.05) is 182 Å². The van der Waals surface area contributed by atoms with Gasteiger partial charge in [0.1, 0.15) is 11.2 Å². The average Bonchev–Trinajstić information content (AvgIpc) is 3.68. The van der Waals surface area contributed by atoms with E-state index in [-0.39, 0.29) is 0 Å². The Hall–Kier alpha value is -7.69. The molecule has 0 atom stereocenters. The van der Waals surface area contributed by atoms with Crippen LogP contribution < -0.4 is 0 Å². The monoisotopic (exact) mass is 727 g/mol. The maximum Gasteiger partial charge on any atom is 0.160 e. The minimum Gasteiger partial charge on any atom is -0.455 e. The summed E-state index contributed by atoms with van der Waals surface area (Å²) in [5.41, 5.74) is 13.7. The quantitative estimate of drug-likeness (QED) is 0.160. The van der Waals surface area contributed by atoms with E-state index in [4.69, 9.17) is 19.4 Å². The molecule has 0 amide bonds. The van der Waals surface area contributed by atoms with Gasteiger partial charge in [0.15, 0.2) is 5.82 Å². The molecule has 0 aliphatic carbocycles. The van der Waals surface area contributed by atoms with Gasteiger partial charge in [0, 0.05) is 54.7 Å². The first-order valence-corrected chi connectivity index (χ1v) is 19.2. The van der Waals surface area contributed by atoms with E-state index in [2.05, 4.69) is 164 Å².